The second-order valence-corrected chi connectivity index (χ2v) is 10.6. The minimum atomic E-state index is -0.486. The van der Waals surface area contributed by atoms with Gasteiger partial charge in [-0.25, -0.2) is 9.18 Å². The summed E-state index contributed by atoms with van der Waals surface area (Å²) in [5.41, 5.74) is 3.22. The zero-order valence-electron chi connectivity index (χ0n) is 23.7. The van der Waals surface area contributed by atoms with Crippen LogP contribution in [0.25, 0.3) is 21.7 Å². The molecule has 3 heterocycles. The Morgan fingerprint density at radius 3 is 2.50 bits per heavy atom. The number of esters is 1. The van der Waals surface area contributed by atoms with Crippen molar-refractivity contribution in [3.05, 3.63) is 101 Å². The zero-order chi connectivity index (χ0) is 29.2. The van der Waals surface area contributed by atoms with Crippen molar-refractivity contribution in [2.45, 2.75) is 45.8 Å². The van der Waals surface area contributed by atoms with Gasteiger partial charge in [0.1, 0.15) is 40.8 Å². The number of nitrogens with zero attached hydrogens (tertiary/aromatic N) is 2. The second kappa shape index (κ2) is 11.8. The van der Waals surface area contributed by atoms with Crippen LogP contribution in [0, 0.1) is 12.7 Å². The lowest BCUT2D eigenvalue weighted by molar-refractivity contribution is 0.0526. The van der Waals surface area contributed by atoms with Crippen LogP contribution in [0.5, 0.6) is 11.5 Å². The number of benzene rings is 3. The lowest BCUT2D eigenvalue weighted by Crippen LogP contribution is -2.34. The van der Waals surface area contributed by atoms with Gasteiger partial charge in [-0.15, -0.1) is 0 Å². The van der Waals surface area contributed by atoms with Gasteiger partial charge in [0.15, 0.2) is 0 Å². The van der Waals surface area contributed by atoms with Gasteiger partial charge < -0.3 is 19.0 Å². The van der Waals surface area contributed by atoms with Gasteiger partial charge in [0.2, 0.25) is 0 Å². The number of hydrogen-bond acceptors (Lipinski definition) is 7. The van der Waals surface area contributed by atoms with Gasteiger partial charge in [-0.3, -0.25) is 9.88 Å². The number of rotatable bonds is 8. The van der Waals surface area contributed by atoms with Crippen molar-refractivity contribution < 1.29 is 28.2 Å². The van der Waals surface area contributed by atoms with E-state index >= 15 is 0 Å². The molecule has 3 aromatic carbocycles. The summed E-state index contributed by atoms with van der Waals surface area (Å²) in [6.07, 6.45) is 6.71. The van der Waals surface area contributed by atoms with Crippen LogP contribution in [-0.4, -0.2) is 40.7 Å². The molecule has 0 bridgehead atoms. The smallest absolute Gasteiger partial charge is 0.342 e. The quantitative estimate of drug-likeness (QED) is 0.194. The van der Waals surface area contributed by atoms with Gasteiger partial charge in [-0.1, -0.05) is 18.6 Å². The van der Waals surface area contributed by atoms with Crippen molar-refractivity contribution in [1.82, 2.24) is 9.88 Å². The molecule has 1 atom stereocenters. The number of furan rings is 1. The maximum Gasteiger partial charge on any atom is 0.342 e. The molecule has 1 N–H and O–H groups in total. The van der Waals surface area contributed by atoms with Crippen molar-refractivity contribution >= 4 is 27.7 Å². The number of carbonyl (C=O) groups is 1. The molecule has 1 unspecified atom stereocenters. The fraction of sp³-hybridized carbons (Fsp3) is 0.294. The standard InChI is InChI=1S/C34H33FN2O5/c1-3-40-34(39)28-21(2)42-33-26-12-11-25(41-20-22-7-9-24(35)10-8-22)19-27(26)32(38)30(29(28)33)31(23-13-15-36-16-14-23)37-17-5-4-6-18-37/h7-16,19,31,38H,3-6,17-18,20H2,1-2H3. The highest BCUT2D eigenvalue weighted by Gasteiger charge is 2.34. The summed E-state index contributed by atoms with van der Waals surface area (Å²) in [5.74, 6) is 0.239. The number of halogens is 1. The lowest BCUT2D eigenvalue weighted by Gasteiger charge is -2.36. The molecular weight excluding hydrogens is 535 g/mol. The predicted octanol–water partition coefficient (Wildman–Crippen LogP) is 7.47. The fourth-order valence-corrected chi connectivity index (χ4v) is 6.01. The van der Waals surface area contributed by atoms with E-state index in [1.807, 2.05) is 18.2 Å². The topological polar surface area (TPSA) is 85.0 Å². The Balaban J connectivity index is 1.58. The number of pyridine rings is 1. The molecule has 0 spiro atoms. The van der Waals surface area contributed by atoms with Crippen LogP contribution in [0.2, 0.25) is 0 Å². The lowest BCUT2D eigenvalue weighted by atomic mass is 9.88. The zero-order valence-corrected chi connectivity index (χ0v) is 23.7. The van der Waals surface area contributed by atoms with Gasteiger partial charge in [0, 0.05) is 34.1 Å². The van der Waals surface area contributed by atoms with Crippen molar-refractivity contribution in [3.63, 3.8) is 0 Å². The average Bonchev–Trinajstić information content (AvgIpc) is 3.36. The Bertz CT molecular complexity index is 1730. The Labute approximate surface area is 243 Å². The molecular formula is C34H33FN2O5. The molecule has 1 aliphatic heterocycles. The normalized spacial score (nSPS) is 14.7. The molecule has 8 heteroatoms. The van der Waals surface area contributed by atoms with Gasteiger partial charge in [-0.05, 0) is 93.4 Å². The van der Waals surface area contributed by atoms with E-state index in [1.54, 1.807) is 50.5 Å². The average molecular weight is 569 g/mol. The second-order valence-electron chi connectivity index (χ2n) is 10.6. The molecule has 1 saturated heterocycles. The number of hydrogen-bond donors (Lipinski definition) is 1. The largest absolute Gasteiger partial charge is 0.507 e. The van der Waals surface area contributed by atoms with Crippen molar-refractivity contribution in [3.8, 4) is 11.5 Å². The Kier molecular flexibility index (Phi) is 7.80. The van der Waals surface area contributed by atoms with E-state index in [0.29, 0.717) is 44.4 Å². The number of aromatic hydroxyl groups is 1. The summed E-state index contributed by atoms with van der Waals surface area (Å²) >= 11 is 0. The third-order valence-electron chi connectivity index (χ3n) is 7.95. The van der Waals surface area contributed by atoms with Crippen LogP contribution in [0.4, 0.5) is 4.39 Å². The molecule has 0 amide bonds. The molecule has 5 aromatic rings. The Morgan fingerprint density at radius 1 is 1.05 bits per heavy atom. The summed E-state index contributed by atoms with van der Waals surface area (Å²) in [7, 11) is 0. The first-order valence-corrected chi connectivity index (χ1v) is 14.4. The van der Waals surface area contributed by atoms with Crippen LogP contribution in [0.1, 0.15) is 65.0 Å². The molecule has 1 aliphatic rings. The molecule has 42 heavy (non-hydrogen) atoms. The van der Waals surface area contributed by atoms with Gasteiger partial charge in [-0.2, -0.15) is 0 Å². The number of phenolic OH excluding ortho intramolecular Hbond substituents is 1. The van der Waals surface area contributed by atoms with Crippen LogP contribution in [-0.2, 0) is 11.3 Å². The van der Waals surface area contributed by atoms with Gasteiger partial charge in [0.25, 0.3) is 0 Å². The Morgan fingerprint density at radius 2 is 1.79 bits per heavy atom. The monoisotopic (exact) mass is 568 g/mol. The number of carbonyl (C=O) groups excluding carboxylic acids is 1. The van der Waals surface area contributed by atoms with E-state index in [0.717, 1.165) is 43.5 Å². The number of phenols is 1. The maximum atomic E-state index is 13.4. The molecule has 1 fully saturated rings. The van der Waals surface area contributed by atoms with Crippen molar-refractivity contribution in [2.24, 2.45) is 0 Å². The third kappa shape index (κ3) is 5.18. The van der Waals surface area contributed by atoms with Gasteiger partial charge in [0.05, 0.1) is 12.6 Å². The number of fused-ring (bicyclic) bond motifs is 3. The number of piperidine rings is 1. The van der Waals surface area contributed by atoms with Crippen LogP contribution < -0.4 is 4.74 Å². The SMILES string of the molecule is CCOC(=O)c1c(C)oc2c1c(C(c1ccncc1)N1CCCCC1)c(O)c1cc(OCc3ccc(F)cc3)ccc12. The highest BCUT2D eigenvalue weighted by Crippen LogP contribution is 2.48. The number of ether oxygens (including phenoxy) is 2. The molecule has 0 saturated carbocycles. The molecule has 7 nitrogen and oxygen atoms in total. The van der Waals surface area contributed by atoms with Crippen LogP contribution in [0.3, 0.4) is 0 Å². The first kappa shape index (κ1) is 27.7. The minimum Gasteiger partial charge on any atom is -0.507 e. The number of aromatic nitrogens is 1. The molecule has 0 aliphatic carbocycles. The fourth-order valence-electron chi connectivity index (χ4n) is 6.01. The summed E-state index contributed by atoms with van der Waals surface area (Å²) in [6, 6.07) is 15.1. The van der Waals surface area contributed by atoms with E-state index in [9.17, 15) is 14.3 Å². The summed E-state index contributed by atoms with van der Waals surface area (Å²) in [6.45, 7) is 5.67. The first-order chi connectivity index (χ1) is 20.5. The summed E-state index contributed by atoms with van der Waals surface area (Å²) in [5, 5.41) is 13.9. The highest BCUT2D eigenvalue weighted by atomic mass is 19.1. The predicted molar refractivity (Wildman–Crippen MR) is 158 cm³/mol. The Hall–Kier alpha value is -4.43. The van der Waals surface area contributed by atoms with E-state index in [4.69, 9.17) is 13.9 Å². The van der Waals surface area contributed by atoms with Gasteiger partial charge >= 0.3 is 5.97 Å². The van der Waals surface area contributed by atoms with Crippen molar-refractivity contribution in [2.75, 3.05) is 19.7 Å². The molecule has 6 rings (SSSR count). The molecule has 2 aromatic heterocycles. The highest BCUT2D eigenvalue weighted by molar-refractivity contribution is 6.17. The number of aryl methyl sites for hydroxylation is 1. The van der Waals surface area contributed by atoms with Crippen LogP contribution >= 0.6 is 0 Å². The molecule has 0 radical (unpaired) electrons. The van der Waals surface area contributed by atoms with E-state index in [1.165, 1.54) is 12.1 Å². The van der Waals surface area contributed by atoms with Crippen LogP contribution in [0.15, 0.2) is 71.4 Å². The van der Waals surface area contributed by atoms with E-state index in [2.05, 4.69) is 9.88 Å². The van der Waals surface area contributed by atoms with E-state index < -0.39 is 5.97 Å². The number of likely N-dealkylation sites (tertiary alicyclic amines) is 1. The van der Waals surface area contributed by atoms with Crippen molar-refractivity contribution in [1.29, 1.82) is 0 Å². The summed E-state index contributed by atoms with van der Waals surface area (Å²) < 4.78 is 31.2. The third-order valence-corrected chi connectivity index (χ3v) is 7.95. The maximum absolute atomic E-state index is 13.4. The summed E-state index contributed by atoms with van der Waals surface area (Å²) in [4.78, 5) is 19.9. The first-order valence-electron chi connectivity index (χ1n) is 14.4. The van der Waals surface area contributed by atoms with E-state index in [-0.39, 0.29) is 30.8 Å². The molecule has 216 valence electrons. The minimum absolute atomic E-state index is 0.0588.